The second-order valence-corrected chi connectivity index (χ2v) is 6.25. The highest BCUT2D eigenvalue weighted by atomic mass is 32.1. The number of nitrogens with one attached hydrogen (secondary N) is 1. The largest absolute Gasteiger partial charge is 0.313 e. The van der Waals surface area contributed by atoms with Crippen LogP contribution in [-0.4, -0.2) is 35.1 Å². The Labute approximate surface area is 107 Å². The molecule has 3 rings (SSSR count). The molecule has 1 saturated carbocycles. The van der Waals surface area contributed by atoms with Crippen LogP contribution in [0.5, 0.6) is 0 Å². The van der Waals surface area contributed by atoms with Crippen LogP contribution in [0, 0.1) is 0 Å². The minimum atomic E-state index is 0.720. The van der Waals surface area contributed by atoms with E-state index in [0.717, 1.165) is 18.6 Å². The van der Waals surface area contributed by atoms with E-state index in [1.54, 1.807) is 11.3 Å². The van der Waals surface area contributed by atoms with Crippen LogP contribution in [0.15, 0.2) is 11.7 Å². The van der Waals surface area contributed by atoms with Gasteiger partial charge in [-0.25, -0.2) is 0 Å². The lowest BCUT2D eigenvalue weighted by Gasteiger charge is -2.30. The van der Waals surface area contributed by atoms with Crippen molar-refractivity contribution in [3.63, 3.8) is 0 Å². The minimum Gasteiger partial charge on any atom is -0.313 e. The summed E-state index contributed by atoms with van der Waals surface area (Å²) in [4.78, 5) is 8.25. The molecule has 0 spiro atoms. The summed E-state index contributed by atoms with van der Waals surface area (Å²) < 4.78 is 0. The maximum absolute atomic E-state index is 4.18. The molecule has 94 valence electrons. The summed E-state index contributed by atoms with van der Waals surface area (Å²) in [6.45, 7) is 3.54. The molecule has 2 fully saturated rings. The minimum absolute atomic E-state index is 0.720. The van der Waals surface area contributed by atoms with Crippen molar-refractivity contribution < 1.29 is 0 Å². The SMILES string of the molecule is c1ncc(CN(CC2CCCCN2)C2CC2)s1. The normalized spacial score (nSPS) is 25.4. The quantitative estimate of drug-likeness (QED) is 0.870. The molecule has 1 atom stereocenters. The average Bonchev–Trinajstić information content (AvgIpc) is 3.09. The third-order valence-electron chi connectivity index (χ3n) is 3.77. The van der Waals surface area contributed by atoms with Crippen LogP contribution in [0.1, 0.15) is 37.0 Å². The molecular weight excluding hydrogens is 230 g/mol. The first kappa shape index (κ1) is 11.6. The summed E-state index contributed by atoms with van der Waals surface area (Å²) in [5.41, 5.74) is 1.94. The topological polar surface area (TPSA) is 28.2 Å². The lowest BCUT2D eigenvalue weighted by Crippen LogP contribution is -2.44. The molecular formula is C13H21N3S. The predicted octanol–water partition coefficient (Wildman–Crippen LogP) is 2.25. The predicted molar refractivity (Wildman–Crippen MR) is 71.2 cm³/mol. The van der Waals surface area contributed by atoms with E-state index in [4.69, 9.17) is 0 Å². The van der Waals surface area contributed by atoms with Gasteiger partial charge in [0.1, 0.15) is 0 Å². The molecule has 17 heavy (non-hydrogen) atoms. The molecule has 1 N–H and O–H groups in total. The summed E-state index contributed by atoms with van der Waals surface area (Å²) in [5.74, 6) is 0. The Bertz CT molecular complexity index is 328. The monoisotopic (exact) mass is 251 g/mol. The summed E-state index contributed by atoms with van der Waals surface area (Å²) in [6.07, 6.45) is 8.92. The van der Waals surface area contributed by atoms with Crippen molar-refractivity contribution in [3.05, 3.63) is 16.6 Å². The Morgan fingerprint density at radius 2 is 2.29 bits per heavy atom. The Morgan fingerprint density at radius 1 is 1.35 bits per heavy atom. The highest BCUT2D eigenvalue weighted by Gasteiger charge is 2.31. The van der Waals surface area contributed by atoms with E-state index < -0.39 is 0 Å². The molecule has 1 aliphatic carbocycles. The third-order valence-corrected chi connectivity index (χ3v) is 4.54. The van der Waals surface area contributed by atoms with Crippen LogP contribution in [0.25, 0.3) is 0 Å². The number of aromatic nitrogens is 1. The Kier molecular flexibility index (Phi) is 3.74. The van der Waals surface area contributed by atoms with Crippen molar-refractivity contribution in [2.75, 3.05) is 13.1 Å². The van der Waals surface area contributed by atoms with Crippen LogP contribution in [0.3, 0.4) is 0 Å². The zero-order valence-electron chi connectivity index (χ0n) is 10.3. The molecule has 1 aliphatic heterocycles. The van der Waals surface area contributed by atoms with Crippen LogP contribution in [0.4, 0.5) is 0 Å². The maximum atomic E-state index is 4.18. The molecule has 2 aliphatic rings. The van der Waals surface area contributed by atoms with E-state index in [1.807, 2.05) is 11.7 Å². The van der Waals surface area contributed by atoms with Crippen LogP contribution in [0.2, 0.25) is 0 Å². The van der Waals surface area contributed by atoms with Gasteiger partial charge in [-0.05, 0) is 32.2 Å². The standard InChI is InChI=1S/C13H21N3S/c1-2-6-15-11(3-1)8-16(12-4-5-12)9-13-7-14-10-17-13/h7,10-12,15H,1-6,8-9H2. The number of rotatable bonds is 5. The second kappa shape index (κ2) is 5.46. The zero-order chi connectivity index (χ0) is 11.5. The number of nitrogens with zero attached hydrogens (tertiary/aromatic N) is 2. The van der Waals surface area contributed by atoms with Crippen molar-refractivity contribution in [1.82, 2.24) is 15.2 Å². The van der Waals surface area contributed by atoms with Crippen LogP contribution in [-0.2, 0) is 6.54 Å². The molecule has 1 aromatic heterocycles. The van der Waals surface area contributed by atoms with E-state index >= 15 is 0 Å². The Morgan fingerprint density at radius 3 is 2.94 bits per heavy atom. The molecule has 4 heteroatoms. The van der Waals surface area contributed by atoms with Gasteiger partial charge < -0.3 is 5.32 Å². The molecule has 0 aromatic carbocycles. The lowest BCUT2D eigenvalue weighted by molar-refractivity contribution is 0.210. The first-order valence-corrected chi connectivity index (χ1v) is 7.64. The fourth-order valence-electron chi connectivity index (χ4n) is 2.67. The van der Waals surface area contributed by atoms with Crippen molar-refractivity contribution in [1.29, 1.82) is 0 Å². The third kappa shape index (κ3) is 3.27. The van der Waals surface area contributed by atoms with Gasteiger partial charge in [0.2, 0.25) is 0 Å². The van der Waals surface area contributed by atoms with Gasteiger partial charge in [0.05, 0.1) is 5.51 Å². The molecule has 0 bridgehead atoms. The molecule has 2 heterocycles. The number of piperidine rings is 1. The fraction of sp³-hybridized carbons (Fsp3) is 0.769. The number of thiazole rings is 1. The van der Waals surface area contributed by atoms with Gasteiger partial charge in [0, 0.05) is 36.2 Å². The second-order valence-electron chi connectivity index (χ2n) is 5.28. The van der Waals surface area contributed by atoms with Crippen molar-refractivity contribution >= 4 is 11.3 Å². The van der Waals surface area contributed by atoms with Gasteiger partial charge in [-0.3, -0.25) is 9.88 Å². The van der Waals surface area contributed by atoms with Gasteiger partial charge in [0.15, 0.2) is 0 Å². The van der Waals surface area contributed by atoms with Gasteiger partial charge >= 0.3 is 0 Å². The van der Waals surface area contributed by atoms with Gasteiger partial charge in [-0.2, -0.15) is 0 Å². The lowest BCUT2D eigenvalue weighted by atomic mass is 10.0. The zero-order valence-corrected chi connectivity index (χ0v) is 11.1. The van der Waals surface area contributed by atoms with E-state index in [1.165, 1.54) is 50.1 Å². The van der Waals surface area contributed by atoms with E-state index in [-0.39, 0.29) is 0 Å². The summed E-state index contributed by atoms with van der Waals surface area (Å²) in [5, 5.41) is 3.66. The van der Waals surface area contributed by atoms with E-state index in [0.29, 0.717) is 0 Å². The smallest absolute Gasteiger partial charge is 0.0794 e. The van der Waals surface area contributed by atoms with Crippen molar-refractivity contribution in [2.24, 2.45) is 0 Å². The highest BCUT2D eigenvalue weighted by Crippen LogP contribution is 2.29. The summed E-state index contributed by atoms with van der Waals surface area (Å²) >= 11 is 1.79. The van der Waals surface area contributed by atoms with Crippen LogP contribution < -0.4 is 5.32 Å². The average molecular weight is 251 g/mol. The molecule has 1 saturated heterocycles. The first-order valence-electron chi connectivity index (χ1n) is 6.76. The Hall–Kier alpha value is -0.450. The summed E-state index contributed by atoms with van der Waals surface area (Å²) in [6, 6.07) is 1.57. The van der Waals surface area contributed by atoms with Crippen LogP contribution >= 0.6 is 11.3 Å². The number of hydrogen-bond donors (Lipinski definition) is 1. The molecule has 3 nitrogen and oxygen atoms in total. The van der Waals surface area contributed by atoms with Crippen molar-refractivity contribution in [2.45, 2.75) is 50.7 Å². The first-order chi connectivity index (χ1) is 8.42. The maximum Gasteiger partial charge on any atom is 0.0794 e. The summed E-state index contributed by atoms with van der Waals surface area (Å²) in [7, 11) is 0. The molecule has 0 radical (unpaired) electrons. The van der Waals surface area contributed by atoms with Gasteiger partial charge in [-0.15, -0.1) is 11.3 Å². The van der Waals surface area contributed by atoms with Gasteiger partial charge in [0.25, 0.3) is 0 Å². The number of hydrogen-bond acceptors (Lipinski definition) is 4. The highest BCUT2D eigenvalue weighted by molar-refractivity contribution is 7.09. The van der Waals surface area contributed by atoms with E-state index in [2.05, 4.69) is 15.2 Å². The molecule has 0 amide bonds. The molecule has 1 aromatic rings. The fourth-order valence-corrected chi connectivity index (χ4v) is 3.28. The van der Waals surface area contributed by atoms with E-state index in [9.17, 15) is 0 Å². The van der Waals surface area contributed by atoms with Crippen molar-refractivity contribution in [3.8, 4) is 0 Å². The Balaban J connectivity index is 1.56. The molecule has 1 unspecified atom stereocenters. The van der Waals surface area contributed by atoms with Gasteiger partial charge in [-0.1, -0.05) is 6.42 Å².